The number of ether oxygens (including phenoxy) is 2. The number of hydrogen-bond acceptors (Lipinski definition) is 5. The first-order valence-electron chi connectivity index (χ1n) is 6.51. The second kappa shape index (κ2) is 8.14. The lowest BCUT2D eigenvalue weighted by molar-refractivity contribution is 0.126. The molecule has 1 rings (SSSR count). The van der Waals surface area contributed by atoms with Gasteiger partial charge >= 0.3 is 0 Å². The highest BCUT2D eigenvalue weighted by atomic mass is 16.5. The summed E-state index contributed by atoms with van der Waals surface area (Å²) in [5, 5.41) is 14.6. The van der Waals surface area contributed by atoms with Gasteiger partial charge in [-0.15, -0.1) is 0 Å². The molecule has 110 valence electrons. The Kier molecular flexibility index (Phi) is 6.83. The number of hydrogen-bond donors (Lipinski definition) is 1. The van der Waals surface area contributed by atoms with E-state index in [1.807, 2.05) is 18.8 Å². The normalized spacial score (nSPS) is 12.9. The van der Waals surface area contributed by atoms with E-state index < -0.39 is 6.10 Å². The number of rotatable bonds is 9. The summed E-state index contributed by atoms with van der Waals surface area (Å²) in [6.07, 6.45) is 2.52. The first-order valence-corrected chi connectivity index (χ1v) is 6.51. The van der Waals surface area contributed by atoms with Crippen molar-refractivity contribution in [2.75, 3.05) is 41.5 Å². The molecule has 0 aromatic carbocycles. The van der Waals surface area contributed by atoms with Crippen LogP contribution in [0.1, 0.15) is 24.6 Å². The van der Waals surface area contributed by atoms with E-state index >= 15 is 0 Å². The van der Waals surface area contributed by atoms with Gasteiger partial charge < -0.3 is 19.5 Å². The van der Waals surface area contributed by atoms with Gasteiger partial charge in [-0.3, -0.25) is 4.68 Å². The Morgan fingerprint density at radius 1 is 1.42 bits per heavy atom. The standard InChI is InChI=1S/C13H25N3O3/c1-15(2)7-8-16-13(12(19-4)10-14-16)11(17)6-5-9-18-3/h10-11,17H,5-9H2,1-4H3. The van der Waals surface area contributed by atoms with E-state index in [1.54, 1.807) is 20.4 Å². The van der Waals surface area contributed by atoms with E-state index in [4.69, 9.17) is 9.47 Å². The second-order valence-corrected chi connectivity index (χ2v) is 4.78. The fourth-order valence-electron chi connectivity index (χ4n) is 1.90. The van der Waals surface area contributed by atoms with Crippen molar-refractivity contribution in [3.8, 4) is 5.75 Å². The van der Waals surface area contributed by atoms with E-state index in [1.165, 1.54) is 0 Å². The number of nitrogens with zero attached hydrogens (tertiary/aromatic N) is 3. The number of aromatic nitrogens is 2. The van der Waals surface area contributed by atoms with Crippen LogP contribution in [0.15, 0.2) is 6.20 Å². The minimum Gasteiger partial charge on any atom is -0.493 e. The van der Waals surface area contributed by atoms with Crippen LogP contribution in [0.4, 0.5) is 0 Å². The Hall–Kier alpha value is -1.11. The molecule has 0 spiro atoms. The van der Waals surface area contributed by atoms with Crippen molar-refractivity contribution in [2.45, 2.75) is 25.5 Å². The van der Waals surface area contributed by atoms with Crippen molar-refractivity contribution in [1.82, 2.24) is 14.7 Å². The maximum Gasteiger partial charge on any atom is 0.162 e. The van der Waals surface area contributed by atoms with Crippen LogP contribution in [-0.2, 0) is 11.3 Å². The topological polar surface area (TPSA) is 59.8 Å². The van der Waals surface area contributed by atoms with E-state index in [0.29, 0.717) is 18.8 Å². The minimum absolute atomic E-state index is 0.574. The third kappa shape index (κ3) is 4.81. The lowest BCUT2D eigenvalue weighted by atomic mass is 10.1. The Balaban J connectivity index is 2.73. The predicted octanol–water partition coefficient (Wildman–Crippen LogP) is 0.913. The fourth-order valence-corrected chi connectivity index (χ4v) is 1.90. The van der Waals surface area contributed by atoms with Gasteiger partial charge in [0.2, 0.25) is 0 Å². The van der Waals surface area contributed by atoms with Gasteiger partial charge in [0.15, 0.2) is 5.75 Å². The molecule has 1 heterocycles. The quantitative estimate of drug-likeness (QED) is 0.677. The van der Waals surface area contributed by atoms with Crippen LogP contribution in [0.2, 0.25) is 0 Å². The van der Waals surface area contributed by atoms with Crippen LogP contribution in [0.5, 0.6) is 5.75 Å². The molecule has 1 aromatic heterocycles. The zero-order chi connectivity index (χ0) is 14.3. The van der Waals surface area contributed by atoms with Crippen molar-refractivity contribution in [3.63, 3.8) is 0 Å². The molecule has 0 aliphatic heterocycles. The monoisotopic (exact) mass is 271 g/mol. The molecule has 0 bridgehead atoms. The Morgan fingerprint density at radius 2 is 2.16 bits per heavy atom. The zero-order valence-electron chi connectivity index (χ0n) is 12.3. The molecule has 0 amide bonds. The summed E-state index contributed by atoms with van der Waals surface area (Å²) in [6.45, 7) is 2.24. The summed E-state index contributed by atoms with van der Waals surface area (Å²) >= 11 is 0. The predicted molar refractivity (Wildman–Crippen MR) is 73.4 cm³/mol. The molecule has 1 atom stereocenters. The highest BCUT2D eigenvalue weighted by Gasteiger charge is 2.19. The van der Waals surface area contributed by atoms with Crippen LogP contribution in [0.3, 0.4) is 0 Å². The van der Waals surface area contributed by atoms with Gasteiger partial charge in [0.1, 0.15) is 5.69 Å². The Labute approximate surface area is 114 Å². The van der Waals surface area contributed by atoms with E-state index in [9.17, 15) is 5.11 Å². The van der Waals surface area contributed by atoms with E-state index in [2.05, 4.69) is 10.00 Å². The summed E-state index contributed by atoms with van der Waals surface area (Å²) in [5.41, 5.74) is 0.750. The Morgan fingerprint density at radius 3 is 2.74 bits per heavy atom. The average Bonchev–Trinajstić information content (AvgIpc) is 2.79. The molecular weight excluding hydrogens is 246 g/mol. The molecule has 19 heavy (non-hydrogen) atoms. The van der Waals surface area contributed by atoms with Crippen molar-refractivity contribution >= 4 is 0 Å². The fraction of sp³-hybridized carbons (Fsp3) is 0.769. The SMILES string of the molecule is COCCCC(O)c1c(OC)cnn1CCN(C)C. The summed E-state index contributed by atoms with van der Waals surface area (Å²) in [4.78, 5) is 2.08. The number of aliphatic hydroxyl groups excluding tert-OH is 1. The first kappa shape index (κ1) is 15.9. The molecule has 1 unspecified atom stereocenters. The molecule has 0 aliphatic rings. The number of likely N-dealkylation sites (N-methyl/N-ethyl adjacent to an activating group) is 1. The van der Waals surface area contributed by atoms with Gasteiger partial charge in [0.25, 0.3) is 0 Å². The maximum absolute atomic E-state index is 10.3. The lowest BCUT2D eigenvalue weighted by Gasteiger charge is -2.16. The van der Waals surface area contributed by atoms with Gasteiger partial charge in [-0.2, -0.15) is 5.10 Å². The second-order valence-electron chi connectivity index (χ2n) is 4.78. The van der Waals surface area contributed by atoms with Gasteiger partial charge in [-0.05, 0) is 26.9 Å². The van der Waals surface area contributed by atoms with E-state index in [0.717, 1.165) is 25.2 Å². The van der Waals surface area contributed by atoms with Gasteiger partial charge in [-0.25, -0.2) is 0 Å². The van der Waals surface area contributed by atoms with Crippen molar-refractivity contribution in [2.24, 2.45) is 0 Å². The summed E-state index contributed by atoms with van der Waals surface area (Å²) < 4.78 is 12.1. The average molecular weight is 271 g/mol. The van der Waals surface area contributed by atoms with Gasteiger partial charge in [0.05, 0.1) is 26.0 Å². The van der Waals surface area contributed by atoms with Crippen molar-refractivity contribution < 1.29 is 14.6 Å². The molecule has 0 fully saturated rings. The van der Waals surface area contributed by atoms with Crippen LogP contribution >= 0.6 is 0 Å². The molecule has 6 heteroatoms. The third-order valence-electron chi connectivity index (χ3n) is 2.97. The van der Waals surface area contributed by atoms with Gasteiger partial charge in [-0.1, -0.05) is 0 Å². The summed E-state index contributed by atoms with van der Waals surface area (Å²) in [5.74, 6) is 0.642. The van der Waals surface area contributed by atoms with Crippen LogP contribution < -0.4 is 4.74 Å². The summed E-state index contributed by atoms with van der Waals surface area (Å²) in [7, 11) is 7.28. The highest BCUT2D eigenvalue weighted by molar-refractivity contribution is 5.27. The largest absolute Gasteiger partial charge is 0.493 e. The minimum atomic E-state index is -0.574. The van der Waals surface area contributed by atoms with Crippen molar-refractivity contribution in [3.05, 3.63) is 11.9 Å². The maximum atomic E-state index is 10.3. The zero-order valence-corrected chi connectivity index (χ0v) is 12.3. The lowest BCUT2D eigenvalue weighted by Crippen LogP contribution is -2.21. The molecule has 0 radical (unpaired) electrons. The molecule has 0 saturated carbocycles. The third-order valence-corrected chi connectivity index (χ3v) is 2.97. The highest BCUT2D eigenvalue weighted by Crippen LogP contribution is 2.27. The number of aliphatic hydroxyl groups is 1. The van der Waals surface area contributed by atoms with E-state index in [-0.39, 0.29) is 0 Å². The molecule has 1 aromatic rings. The molecule has 0 saturated heterocycles. The molecular formula is C13H25N3O3. The smallest absolute Gasteiger partial charge is 0.162 e. The van der Waals surface area contributed by atoms with Crippen LogP contribution in [0, 0.1) is 0 Å². The van der Waals surface area contributed by atoms with Crippen LogP contribution in [0.25, 0.3) is 0 Å². The molecule has 1 N–H and O–H groups in total. The van der Waals surface area contributed by atoms with Crippen LogP contribution in [-0.4, -0.2) is 61.3 Å². The first-order chi connectivity index (χ1) is 9.10. The summed E-state index contributed by atoms with van der Waals surface area (Å²) in [6, 6.07) is 0. The van der Waals surface area contributed by atoms with Gasteiger partial charge in [0, 0.05) is 20.3 Å². The Bertz CT molecular complexity index is 366. The molecule has 0 aliphatic carbocycles. The van der Waals surface area contributed by atoms with Crippen molar-refractivity contribution in [1.29, 1.82) is 0 Å². The number of methoxy groups -OCH3 is 2. The molecule has 6 nitrogen and oxygen atoms in total.